The van der Waals surface area contributed by atoms with Crippen LogP contribution in [0.1, 0.15) is 12.0 Å². The second-order valence-corrected chi connectivity index (χ2v) is 4.37. The number of rotatable bonds is 9. The number of nitrogens with zero attached hydrogens (tertiary/aromatic N) is 1. The van der Waals surface area contributed by atoms with Crippen molar-refractivity contribution in [2.45, 2.75) is 13.0 Å². The summed E-state index contributed by atoms with van der Waals surface area (Å²) in [6, 6.07) is 9.63. The number of carbonyl (C=O) groups is 1. The first-order valence-corrected chi connectivity index (χ1v) is 6.71. The van der Waals surface area contributed by atoms with E-state index < -0.39 is 0 Å². The van der Waals surface area contributed by atoms with Crippen molar-refractivity contribution < 1.29 is 19.0 Å². The van der Waals surface area contributed by atoms with Crippen LogP contribution in [-0.4, -0.2) is 51.5 Å². The molecule has 0 N–H and O–H groups in total. The maximum absolute atomic E-state index is 12.0. The molecule has 5 nitrogen and oxygen atoms in total. The largest absolute Gasteiger partial charge is 0.445 e. The van der Waals surface area contributed by atoms with Crippen molar-refractivity contribution in [2.75, 3.05) is 40.5 Å². The molecule has 0 fully saturated rings. The number of benzene rings is 1. The van der Waals surface area contributed by atoms with Gasteiger partial charge in [0.1, 0.15) is 6.61 Å². The summed E-state index contributed by atoms with van der Waals surface area (Å²) in [6.45, 7) is 2.52. The van der Waals surface area contributed by atoms with Crippen molar-refractivity contribution in [2.24, 2.45) is 0 Å². The van der Waals surface area contributed by atoms with Gasteiger partial charge in [0.05, 0.1) is 6.61 Å². The quantitative estimate of drug-likeness (QED) is 0.652. The van der Waals surface area contributed by atoms with Gasteiger partial charge in [-0.3, -0.25) is 0 Å². The van der Waals surface area contributed by atoms with Crippen LogP contribution < -0.4 is 0 Å². The summed E-state index contributed by atoms with van der Waals surface area (Å²) in [5, 5.41) is 0. The average molecular weight is 281 g/mol. The highest BCUT2D eigenvalue weighted by Gasteiger charge is 2.14. The maximum atomic E-state index is 12.0. The fourth-order valence-electron chi connectivity index (χ4n) is 1.71. The lowest BCUT2D eigenvalue weighted by molar-refractivity contribution is 0.0780. The summed E-state index contributed by atoms with van der Waals surface area (Å²) in [4.78, 5) is 13.7. The Balaban J connectivity index is 2.40. The first-order chi connectivity index (χ1) is 9.77. The topological polar surface area (TPSA) is 48.0 Å². The predicted octanol–water partition coefficient (Wildman–Crippen LogP) is 2.31. The van der Waals surface area contributed by atoms with Crippen molar-refractivity contribution >= 4 is 6.09 Å². The van der Waals surface area contributed by atoms with Crippen LogP contribution in [0.4, 0.5) is 4.79 Å². The minimum Gasteiger partial charge on any atom is -0.445 e. The number of amides is 1. The zero-order valence-corrected chi connectivity index (χ0v) is 12.2. The highest BCUT2D eigenvalue weighted by Crippen LogP contribution is 2.04. The monoisotopic (exact) mass is 281 g/mol. The highest BCUT2D eigenvalue weighted by molar-refractivity contribution is 5.67. The van der Waals surface area contributed by atoms with Crippen molar-refractivity contribution in [3.05, 3.63) is 35.9 Å². The molecule has 0 heterocycles. The summed E-state index contributed by atoms with van der Waals surface area (Å²) in [7, 11) is 3.26. The Morgan fingerprint density at radius 2 is 1.75 bits per heavy atom. The zero-order chi connectivity index (χ0) is 14.6. The lowest BCUT2D eigenvalue weighted by atomic mass is 10.2. The second kappa shape index (κ2) is 10.2. The van der Waals surface area contributed by atoms with E-state index in [-0.39, 0.29) is 12.7 Å². The number of carbonyl (C=O) groups excluding carboxylic acids is 1. The molecular formula is C15H23NO4. The lowest BCUT2D eigenvalue weighted by Gasteiger charge is -2.21. The van der Waals surface area contributed by atoms with Crippen molar-refractivity contribution in [1.82, 2.24) is 4.90 Å². The molecule has 0 spiro atoms. The van der Waals surface area contributed by atoms with E-state index >= 15 is 0 Å². The van der Waals surface area contributed by atoms with Crippen LogP contribution in [-0.2, 0) is 20.8 Å². The molecule has 0 atom stereocenters. The van der Waals surface area contributed by atoms with Gasteiger partial charge in [0, 0.05) is 33.9 Å². The van der Waals surface area contributed by atoms with E-state index in [0.717, 1.165) is 12.0 Å². The normalized spacial score (nSPS) is 10.3. The summed E-state index contributed by atoms with van der Waals surface area (Å²) in [5.74, 6) is 0. The third-order valence-electron chi connectivity index (χ3n) is 2.81. The van der Waals surface area contributed by atoms with Crippen LogP contribution in [0, 0.1) is 0 Å². The molecule has 1 aromatic carbocycles. The van der Waals surface area contributed by atoms with Gasteiger partial charge in [-0.15, -0.1) is 0 Å². The summed E-state index contributed by atoms with van der Waals surface area (Å²) >= 11 is 0. The van der Waals surface area contributed by atoms with Gasteiger partial charge in [-0.05, 0) is 12.0 Å². The smallest absolute Gasteiger partial charge is 0.410 e. The van der Waals surface area contributed by atoms with Crippen LogP contribution in [0.15, 0.2) is 30.3 Å². The van der Waals surface area contributed by atoms with E-state index in [2.05, 4.69) is 0 Å². The fourth-order valence-corrected chi connectivity index (χ4v) is 1.71. The molecule has 0 aliphatic rings. The Hall–Kier alpha value is -1.59. The first kappa shape index (κ1) is 16.5. The van der Waals surface area contributed by atoms with Gasteiger partial charge in [-0.1, -0.05) is 30.3 Å². The molecule has 0 aliphatic heterocycles. The third kappa shape index (κ3) is 6.54. The van der Waals surface area contributed by atoms with E-state index in [1.165, 1.54) is 0 Å². The van der Waals surface area contributed by atoms with E-state index in [1.54, 1.807) is 19.1 Å². The summed E-state index contributed by atoms with van der Waals surface area (Å²) in [6.07, 6.45) is 0.461. The Morgan fingerprint density at radius 1 is 1.05 bits per heavy atom. The number of ether oxygens (including phenoxy) is 3. The van der Waals surface area contributed by atoms with Gasteiger partial charge in [-0.2, -0.15) is 0 Å². The molecule has 0 aliphatic carbocycles. The summed E-state index contributed by atoms with van der Waals surface area (Å²) < 4.78 is 15.3. The number of methoxy groups -OCH3 is 2. The minimum atomic E-state index is -0.318. The molecule has 5 heteroatoms. The average Bonchev–Trinajstić information content (AvgIpc) is 2.49. The Labute approximate surface area is 120 Å². The molecule has 0 saturated carbocycles. The Kier molecular flexibility index (Phi) is 8.42. The fraction of sp³-hybridized carbons (Fsp3) is 0.533. The SMILES string of the molecule is COCCCN(CCOC)C(=O)OCc1ccccc1. The molecule has 0 aromatic heterocycles. The van der Waals surface area contributed by atoms with Crippen LogP contribution in [0.5, 0.6) is 0 Å². The highest BCUT2D eigenvalue weighted by atomic mass is 16.6. The maximum Gasteiger partial charge on any atom is 0.410 e. The predicted molar refractivity (Wildman–Crippen MR) is 76.6 cm³/mol. The molecule has 0 unspecified atom stereocenters. The Morgan fingerprint density at radius 3 is 2.40 bits per heavy atom. The Bertz CT molecular complexity index is 369. The van der Waals surface area contributed by atoms with E-state index in [4.69, 9.17) is 14.2 Å². The minimum absolute atomic E-state index is 0.285. The molecule has 112 valence electrons. The second-order valence-electron chi connectivity index (χ2n) is 4.37. The number of hydrogen-bond acceptors (Lipinski definition) is 4. The van der Waals surface area contributed by atoms with Crippen LogP contribution in [0.25, 0.3) is 0 Å². The van der Waals surface area contributed by atoms with Gasteiger partial charge < -0.3 is 19.1 Å². The van der Waals surface area contributed by atoms with Gasteiger partial charge >= 0.3 is 6.09 Å². The van der Waals surface area contributed by atoms with E-state index in [0.29, 0.717) is 26.3 Å². The van der Waals surface area contributed by atoms with Crippen molar-refractivity contribution in [1.29, 1.82) is 0 Å². The zero-order valence-electron chi connectivity index (χ0n) is 12.2. The number of hydrogen-bond donors (Lipinski definition) is 0. The van der Waals surface area contributed by atoms with Crippen molar-refractivity contribution in [3.63, 3.8) is 0 Å². The standard InChI is InChI=1S/C15H23NO4/c1-18-11-6-9-16(10-12-19-2)15(17)20-13-14-7-4-3-5-8-14/h3-5,7-8H,6,9-13H2,1-2H3. The lowest BCUT2D eigenvalue weighted by Crippen LogP contribution is -2.35. The van der Waals surface area contributed by atoms with Crippen LogP contribution >= 0.6 is 0 Å². The molecule has 20 heavy (non-hydrogen) atoms. The van der Waals surface area contributed by atoms with E-state index in [1.807, 2.05) is 30.3 Å². The summed E-state index contributed by atoms with van der Waals surface area (Å²) in [5.41, 5.74) is 0.976. The van der Waals surface area contributed by atoms with Crippen LogP contribution in [0.2, 0.25) is 0 Å². The van der Waals surface area contributed by atoms with Crippen LogP contribution in [0.3, 0.4) is 0 Å². The molecule has 1 aromatic rings. The molecule has 1 amide bonds. The third-order valence-corrected chi connectivity index (χ3v) is 2.81. The van der Waals surface area contributed by atoms with Crippen molar-refractivity contribution in [3.8, 4) is 0 Å². The molecule has 0 radical (unpaired) electrons. The molecule has 0 saturated heterocycles. The van der Waals surface area contributed by atoms with Gasteiger partial charge in [0.15, 0.2) is 0 Å². The molecule has 1 rings (SSSR count). The van der Waals surface area contributed by atoms with Gasteiger partial charge in [0.2, 0.25) is 0 Å². The first-order valence-electron chi connectivity index (χ1n) is 6.71. The molecule has 0 bridgehead atoms. The van der Waals surface area contributed by atoms with Gasteiger partial charge in [-0.25, -0.2) is 4.79 Å². The van der Waals surface area contributed by atoms with Gasteiger partial charge in [0.25, 0.3) is 0 Å². The molecular weight excluding hydrogens is 258 g/mol. The van der Waals surface area contributed by atoms with E-state index in [9.17, 15) is 4.79 Å².